The van der Waals surface area contributed by atoms with E-state index in [4.69, 9.17) is 10.8 Å². The summed E-state index contributed by atoms with van der Waals surface area (Å²) in [5.74, 6) is 0. The molecule has 0 amide bonds. The normalized spacial score (nSPS) is 39.5. The summed E-state index contributed by atoms with van der Waals surface area (Å²) < 4.78 is 36.0. The SMILES string of the molecule is N[C@H]1CC[C@@](O)(C(F)(F)F)C1. The van der Waals surface area contributed by atoms with Crippen LogP contribution in [0, 0.1) is 0 Å². The molecule has 11 heavy (non-hydrogen) atoms. The lowest BCUT2D eigenvalue weighted by Crippen LogP contribution is -2.43. The zero-order valence-electron chi connectivity index (χ0n) is 5.86. The minimum atomic E-state index is -4.53. The summed E-state index contributed by atoms with van der Waals surface area (Å²) in [7, 11) is 0. The van der Waals surface area contributed by atoms with Crippen LogP contribution in [0.2, 0.25) is 0 Å². The molecule has 1 aliphatic rings. The maximum absolute atomic E-state index is 12.0. The Bertz CT molecular complexity index is 158. The van der Waals surface area contributed by atoms with Crippen LogP contribution >= 0.6 is 0 Å². The monoisotopic (exact) mass is 169 g/mol. The number of halogens is 3. The lowest BCUT2D eigenvalue weighted by atomic mass is 10.0. The zero-order chi connectivity index (χ0) is 8.70. The highest BCUT2D eigenvalue weighted by molar-refractivity contribution is 4.96. The molecule has 5 heteroatoms. The van der Waals surface area contributed by atoms with E-state index in [9.17, 15) is 13.2 Å². The second-order valence-corrected chi connectivity index (χ2v) is 3.03. The molecule has 1 saturated carbocycles. The van der Waals surface area contributed by atoms with Gasteiger partial charge in [-0.1, -0.05) is 0 Å². The lowest BCUT2D eigenvalue weighted by molar-refractivity contribution is -0.257. The van der Waals surface area contributed by atoms with E-state index in [0.29, 0.717) is 0 Å². The van der Waals surface area contributed by atoms with Gasteiger partial charge in [-0.2, -0.15) is 13.2 Å². The first-order chi connectivity index (χ1) is 4.85. The molecule has 1 rings (SSSR count). The molecule has 0 bridgehead atoms. The van der Waals surface area contributed by atoms with Gasteiger partial charge in [0, 0.05) is 12.5 Å². The highest BCUT2D eigenvalue weighted by Gasteiger charge is 2.56. The van der Waals surface area contributed by atoms with Crippen LogP contribution in [-0.4, -0.2) is 22.9 Å². The van der Waals surface area contributed by atoms with Crippen LogP contribution in [0.1, 0.15) is 19.3 Å². The fourth-order valence-corrected chi connectivity index (χ4v) is 1.32. The highest BCUT2D eigenvalue weighted by Crippen LogP contribution is 2.42. The van der Waals surface area contributed by atoms with Crippen molar-refractivity contribution in [3.63, 3.8) is 0 Å². The Labute approximate surface area is 62.2 Å². The zero-order valence-corrected chi connectivity index (χ0v) is 5.86. The minimum Gasteiger partial charge on any atom is -0.380 e. The van der Waals surface area contributed by atoms with Crippen molar-refractivity contribution in [2.24, 2.45) is 5.73 Å². The van der Waals surface area contributed by atoms with Crippen LogP contribution in [0.4, 0.5) is 13.2 Å². The molecule has 66 valence electrons. The van der Waals surface area contributed by atoms with Crippen molar-refractivity contribution in [3.05, 3.63) is 0 Å². The molecular weight excluding hydrogens is 159 g/mol. The van der Waals surface area contributed by atoms with Crippen molar-refractivity contribution in [3.8, 4) is 0 Å². The van der Waals surface area contributed by atoms with Gasteiger partial charge in [-0.3, -0.25) is 0 Å². The van der Waals surface area contributed by atoms with Crippen LogP contribution in [0.15, 0.2) is 0 Å². The molecule has 0 aromatic rings. The van der Waals surface area contributed by atoms with Gasteiger partial charge in [0.15, 0.2) is 5.60 Å². The van der Waals surface area contributed by atoms with Gasteiger partial charge in [0.2, 0.25) is 0 Å². The van der Waals surface area contributed by atoms with Crippen LogP contribution in [0.3, 0.4) is 0 Å². The summed E-state index contributed by atoms with van der Waals surface area (Å²) in [6.45, 7) is 0. The standard InChI is InChI=1S/C6H10F3NO/c7-6(8,9)5(11)2-1-4(10)3-5/h4,11H,1-3,10H2/t4-,5-/m0/s1. The number of nitrogens with two attached hydrogens (primary N) is 1. The van der Waals surface area contributed by atoms with E-state index in [0.717, 1.165) is 0 Å². The molecule has 0 aromatic carbocycles. The topological polar surface area (TPSA) is 46.2 Å². The second-order valence-electron chi connectivity index (χ2n) is 3.03. The van der Waals surface area contributed by atoms with Crippen molar-refractivity contribution >= 4 is 0 Å². The maximum atomic E-state index is 12.0. The van der Waals surface area contributed by atoms with E-state index in [1.165, 1.54) is 0 Å². The highest BCUT2D eigenvalue weighted by atomic mass is 19.4. The molecule has 0 heterocycles. The summed E-state index contributed by atoms with van der Waals surface area (Å²) in [5.41, 5.74) is 2.73. The van der Waals surface area contributed by atoms with E-state index in [2.05, 4.69) is 0 Å². The van der Waals surface area contributed by atoms with E-state index in [1.54, 1.807) is 0 Å². The first-order valence-corrected chi connectivity index (χ1v) is 3.40. The second kappa shape index (κ2) is 2.35. The largest absolute Gasteiger partial charge is 0.417 e. The molecule has 0 aromatic heterocycles. The Morgan fingerprint density at radius 3 is 2.18 bits per heavy atom. The van der Waals surface area contributed by atoms with Crippen LogP contribution in [0.25, 0.3) is 0 Å². The Balaban J connectivity index is 2.69. The van der Waals surface area contributed by atoms with Gasteiger partial charge in [-0.25, -0.2) is 0 Å². The third-order valence-corrected chi connectivity index (χ3v) is 2.06. The first kappa shape index (κ1) is 8.80. The number of hydrogen-bond donors (Lipinski definition) is 2. The van der Waals surface area contributed by atoms with Gasteiger partial charge >= 0.3 is 6.18 Å². The Hall–Kier alpha value is -0.290. The average molecular weight is 169 g/mol. The molecular formula is C6H10F3NO. The molecule has 0 radical (unpaired) electrons. The van der Waals surface area contributed by atoms with E-state index < -0.39 is 17.8 Å². The smallest absolute Gasteiger partial charge is 0.380 e. The third kappa shape index (κ3) is 1.49. The van der Waals surface area contributed by atoms with Crippen molar-refractivity contribution in [1.82, 2.24) is 0 Å². The molecule has 2 nitrogen and oxygen atoms in total. The van der Waals surface area contributed by atoms with E-state index >= 15 is 0 Å². The predicted octanol–water partition coefficient (Wildman–Crippen LogP) is 0.791. The first-order valence-electron chi connectivity index (χ1n) is 3.40. The van der Waals surface area contributed by atoms with Gasteiger partial charge < -0.3 is 10.8 Å². The number of alkyl halides is 3. The van der Waals surface area contributed by atoms with Gasteiger partial charge in [0.05, 0.1) is 0 Å². The molecule has 1 aliphatic carbocycles. The summed E-state index contributed by atoms with van der Waals surface area (Å²) in [5, 5.41) is 8.99. The number of aliphatic hydroxyl groups is 1. The van der Waals surface area contributed by atoms with Crippen LogP contribution < -0.4 is 5.73 Å². The predicted molar refractivity (Wildman–Crippen MR) is 32.8 cm³/mol. The molecule has 0 aliphatic heterocycles. The Kier molecular flexibility index (Phi) is 1.88. The Morgan fingerprint density at radius 1 is 1.45 bits per heavy atom. The summed E-state index contributed by atoms with van der Waals surface area (Å²) in [6.07, 6.45) is -4.91. The minimum absolute atomic E-state index is 0.246. The van der Waals surface area contributed by atoms with Crippen molar-refractivity contribution in [1.29, 1.82) is 0 Å². The van der Waals surface area contributed by atoms with Crippen LogP contribution in [-0.2, 0) is 0 Å². The molecule has 1 fully saturated rings. The molecule has 2 atom stereocenters. The maximum Gasteiger partial charge on any atom is 0.417 e. The van der Waals surface area contributed by atoms with Gasteiger partial charge in [-0.05, 0) is 12.8 Å². The van der Waals surface area contributed by atoms with Crippen LogP contribution in [0.5, 0.6) is 0 Å². The third-order valence-electron chi connectivity index (χ3n) is 2.06. The Morgan fingerprint density at radius 2 is 2.00 bits per heavy atom. The van der Waals surface area contributed by atoms with E-state index in [1.807, 2.05) is 0 Å². The molecule has 3 N–H and O–H groups in total. The molecule has 0 saturated heterocycles. The average Bonchev–Trinajstić information content (AvgIpc) is 2.10. The molecule has 0 spiro atoms. The van der Waals surface area contributed by atoms with Crippen molar-refractivity contribution < 1.29 is 18.3 Å². The number of rotatable bonds is 0. The van der Waals surface area contributed by atoms with Gasteiger partial charge in [0.1, 0.15) is 0 Å². The summed E-state index contributed by atoms with van der Waals surface area (Å²) >= 11 is 0. The van der Waals surface area contributed by atoms with Crippen molar-refractivity contribution in [2.75, 3.05) is 0 Å². The van der Waals surface area contributed by atoms with E-state index in [-0.39, 0.29) is 19.3 Å². The fourth-order valence-electron chi connectivity index (χ4n) is 1.32. The quantitative estimate of drug-likeness (QED) is 0.563. The summed E-state index contributed by atoms with van der Waals surface area (Å²) in [4.78, 5) is 0. The van der Waals surface area contributed by atoms with Gasteiger partial charge in [-0.15, -0.1) is 0 Å². The number of hydrogen-bond acceptors (Lipinski definition) is 2. The fraction of sp³-hybridized carbons (Fsp3) is 1.00. The van der Waals surface area contributed by atoms with Crippen molar-refractivity contribution in [2.45, 2.75) is 37.1 Å². The summed E-state index contributed by atoms with van der Waals surface area (Å²) in [6, 6.07) is -0.512. The molecule has 0 unspecified atom stereocenters. The van der Waals surface area contributed by atoms with Gasteiger partial charge in [0.25, 0.3) is 0 Å². The lowest BCUT2D eigenvalue weighted by Gasteiger charge is -2.25.